The zero-order chi connectivity index (χ0) is 16.2. The van der Waals surface area contributed by atoms with E-state index in [1.807, 2.05) is 18.2 Å². The molecule has 1 aromatic heterocycles. The Balaban J connectivity index is 1.68. The number of aliphatic hydroxyl groups is 1. The highest BCUT2D eigenvalue weighted by molar-refractivity contribution is 5.53. The minimum Gasteiger partial charge on any atom is -0.386 e. The van der Waals surface area contributed by atoms with Crippen molar-refractivity contribution in [1.82, 2.24) is 10.1 Å². The fourth-order valence-corrected chi connectivity index (χ4v) is 2.11. The summed E-state index contributed by atoms with van der Waals surface area (Å²) in [6.45, 7) is -0.161. The van der Waals surface area contributed by atoms with E-state index in [4.69, 9.17) is 4.52 Å². The number of hydrogen-bond acceptors (Lipinski definition) is 5. The first kappa shape index (κ1) is 15.1. The van der Waals surface area contributed by atoms with Crippen LogP contribution in [0.25, 0.3) is 11.5 Å². The summed E-state index contributed by atoms with van der Waals surface area (Å²) < 4.78 is 32.2. The van der Waals surface area contributed by atoms with Crippen LogP contribution in [0, 0.1) is 11.6 Å². The smallest absolute Gasteiger partial charge is 0.263 e. The number of aliphatic hydroxyl groups excluding tert-OH is 1. The molecule has 1 heterocycles. The maximum Gasteiger partial charge on any atom is 0.263 e. The lowest BCUT2D eigenvalue weighted by atomic mass is 10.1. The van der Waals surface area contributed by atoms with Crippen molar-refractivity contribution in [2.45, 2.75) is 6.10 Å². The first-order valence-corrected chi connectivity index (χ1v) is 6.90. The van der Waals surface area contributed by atoms with E-state index in [1.165, 1.54) is 6.07 Å². The molecule has 7 heteroatoms. The van der Waals surface area contributed by atoms with Crippen LogP contribution >= 0.6 is 0 Å². The van der Waals surface area contributed by atoms with Crippen molar-refractivity contribution < 1.29 is 18.4 Å². The van der Waals surface area contributed by atoms with Gasteiger partial charge in [0.15, 0.2) is 0 Å². The maximum absolute atomic E-state index is 13.6. The SMILES string of the molecule is OC(CNc1noc(-c2ccccc2)n1)c1c(F)cccc1F. The molecule has 3 aromatic rings. The molecule has 0 radical (unpaired) electrons. The summed E-state index contributed by atoms with van der Waals surface area (Å²) in [7, 11) is 0. The van der Waals surface area contributed by atoms with E-state index >= 15 is 0 Å². The van der Waals surface area contributed by atoms with E-state index in [0.29, 0.717) is 5.89 Å². The van der Waals surface area contributed by atoms with E-state index in [9.17, 15) is 13.9 Å². The third kappa shape index (κ3) is 3.35. The van der Waals surface area contributed by atoms with E-state index in [2.05, 4.69) is 15.5 Å². The number of anilines is 1. The molecule has 5 nitrogen and oxygen atoms in total. The summed E-state index contributed by atoms with van der Waals surface area (Å²) in [5.41, 5.74) is 0.348. The molecule has 0 bridgehead atoms. The third-order valence-electron chi connectivity index (χ3n) is 3.23. The molecular weight excluding hydrogens is 304 g/mol. The van der Waals surface area contributed by atoms with Gasteiger partial charge in [-0.1, -0.05) is 24.3 Å². The molecular formula is C16H13F2N3O2. The van der Waals surface area contributed by atoms with Gasteiger partial charge in [0.1, 0.15) is 17.7 Å². The second-order valence-corrected chi connectivity index (χ2v) is 4.82. The molecule has 0 aliphatic carbocycles. The van der Waals surface area contributed by atoms with E-state index < -0.39 is 23.3 Å². The van der Waals surface area contributed by atoms with Crippen molar-refractivity contribution >= 4 is 5.95 Å². The van der Waals surface area contributed by atoms with Gasteiger partial charge in [0, 0.05) is 12.1 Å². The van der Waals surface area contributed by atoms with Gasteiger partial charge in [-0.05, 0) is 29.4 Å². The van der Waals surface area contributed by atoms with Crippen molar-refractivity contribution in [2.75, 3.05) is 11.9 Å². The summed E-state index contributed by atoms with van der Waals surface area (Å²) in [6, 6.07) is 12.5. The van der Waals surface area contributed by atoms with E-state index in [0.717, 1.165) is 17.7 Å². The molecule has 0 fully saturated rings. The molecule has 0 saturated heterocycles. The summed E-state index contributed by atoms with van der Waals surface area (Å²) in [6.07, 6.45) is -1.38. The van der Waals surface area contributed by atoms with Crippen molar-refractivity contribution in [2.24, 2.45) is 0 Å². The number of rotatable bonds is 5. The fraction of sp³-hybridized carbons (Fsp3) is 0.125. The van der Waals surface area contributed by atoms with Gasteiger partial charge in [-0.25, -0.2) is 8.78 Å². The molecule has 0 amide bonds. The maximum atomic E-state index is 13.6. The molecule has 2 N–H and O–H groups in total. The predicted molar refractivity (Wildman–Crippen MR) is 79.5 cm³/mol. The number of nitrogens with zero attached hydrogens (tertiary/aromatic N) is 2. The summed E-state index contributed by atoms with van der Waals surface area (Å²) in [5.74, 6) is -1.19. The highest BCUT2D eigenvalue weighted by Crippen LogP contribution is 2.22. The number of benzene rings is 2. The van der Waals surface area contributed by atoms with Crippen molar-refractivity contribution in [1.29, 1.82) is 0 Å². The van der Waals surface area contributed by atoms with Crippen molar-refractivity contribution in [3.05, 3.63) is 65.7 Å². The van der Waals surface area contributed by atoms with Gasteiger partial charge in [0.2, 0.25) is 0 Å². The number of nitrogens with one attached hydrogen (secondary N) is 1. The zero-order valence-electron chi connectivity index (χ0n) is 11.9. The second-order valence-electron chi connectivity index (χ2n) is 4.82. The van der Waals surface area contributed by atoms with Gasteiger partial charge in [0.25, 0.3) is 11.8 Å². The standard InChI is InChI=1S/C16H13F2N3O2/c17-11-7-4-8-12(18)14(11)13(22)9-19-16-20-15(23-21-16)10-5-2-1-3-6-10/h1-8,13,22H,9H2,(H,19,21). The van der Waals surface area contributed by atoms with Crippen LogP contribution < -0.4 is 5.32 Å². The first-order chi connectivity index (χ1) is 11.1. The zero-order valence-corrected chi connectivity index (χ0v) is 11.9. The average molecular weight is 317 g/mol. The number of halogens is 2. The molecule has 1 atom stereocenters. The summed E-state index contributed by atoms with van der Waals surface area (Å²) in [4.78, 5) is 4.10. The Morgan fingerprint density at radius 3 is 2.43 bits per heavy atom. The van der Waals surface area contributed by atoms with Crippen LogP contribution in [-0.4, -0.2) is 21.8 Å². The first-order valence-electron chi connectivity index (χ1n) is 6.90. The highest BCUT2D eigenvalue weighted by atomic mass is 19.1. The molecule has 0 spiro atoms. The molecule has 1 unspecified atom stereocenters. The van der Waals surface area contributed by atoms with Gasteiger partial charge in [-0.2, -0.15) is 4.98 Å². The van der Waals surface area contributed by atoms with E-state index in [-0.39, 0.29) is 12.5 Å². The van der Waals surface area contributed by atoms with Crippen LogP contribution in [0.5, 0.6) is 0 Å². The molecule has 23 heavy (non-hydrogen) atoms. The highest BCUT2D eigenvalue weighted by Gasteiger charge is 2.18. The van der Waals surface area contributed by atoms with Gasteiger partial charge < -0.3 is 14.9 Å². The minimum absolute atomic E-state index is 0.125. The van der Waals surface area contributed by atoms with Crippen molar-refractivity contribution in [3.63, 3.8) is 0 Å². The molecule has 2 aromatic carbocycles. The summed E-state index contributed by atoms with van der Waals surface area (Å²) >= 11 is 0. The monoisotopic (exact) mass is 317 g/mol. The van der Waals surface area contributed by atoms with Gasteiger partial charge in [-0.3, -0.25) is 0 Å². The van der Waals surface area contributed by atoms with Crippen LogP contribution in [0.1, 0.15) is 11.7 Å². The second kappa shape index (κ2) is 6.53. The Hall–Kier alpha value is -2.80. The minimum atomic E-state index is -1.38. The van der Waals surface area contributed by atoms with E-state index in [1.54, 1.807) is 12.1 Å². The molecule has 0 saturated carbocycles. The quantitative estimate of drug-likeness (QED) is 0.756. The van der Waals surface area contributed by atoms with Crippen LogP contribution in [-0.2, 0) is 0 Å². The van der Waals surface area contributed by atoms with Crippen LogP contribution in [0.4, 0.5) is 14.7 Å². The van der Waals surface area contributed by atoms with Crippen LogP contribution in [0.2, 0.25) is 0 Å². The Labute approximate surface area is 130 Å². The Morgan fingerprint density at radius 2 is 1.74 bits per heavy atom. The lowest BCUT2D eigenvalue weighted by Gasteiger charge is -2.12. The lowest BCUT2D eigenvalue weighted by molar-refractivity contribution is 0.181. The largest absolute Gasteiger partial charge is 0.386 e. The van der Waals surface area contributed by atoms with Crippen molar-refractivity contribution in [3.8, 4) is 11.5 Å². The van der Waals surface area contributed by atoms with Crippen LogP contribution in [0.15, 0.2) is 53.1 Å². The third-order valence-corrected chi connectivity index (χ3v) is 3.23. The Morgan fingerprint density at radius 1 is 1.04 bits per heavy atom. The topological polar surface area (TPSA) is 71.2 Å². The Bertz CT molecular complexity index is 773. The molecule has 118 valence electrons. The molecule has 3 rings (SSSR count). The number of aromatic nitrogens is 2. The average Bonchev–Trinajstić information content (AvgIpc) is 3.02. The summed E-state index contributed by atoms with van der Waals surface area (Å²) in [5, 5.41) is 16.3. The fourth-order valence-electron chi connectivity index (χ4n) is 2.11. The lowest BCUT2D eigenvalue weighted by Crippen LogP contribution is -2.15. The normalized spacial score (nSPS) is 12.1. The van der Waals surface area contributed by atoms with Gasteiger partial charge in [-0.15, -0.1) is 0 Å². The number of hydrogen-bond donors (Lipinski definition) is 2. The Kier molecular flexibility index (Phi) is 4.29. The predicted octanol–water partition coefficient (Wildman–Crippen LogP) is 3.16. The van der Waals surface area contributed by atoms with Gasteiger partial charge >= 0.3 is 0 Å². The van der Waals surface area contributed by atoms with Gasteiger partial charge in [0.05, 0.1) is 5.56 Å². The van der Waals surface area contributed by atoms with Crippen LogP contribution in [0.3, 0.4) is 0 Å². The molecule has 0 aliphatic rings. The molecule has 0 aliphatic heterocycles.